The van der Waals surface area contributed by atoms with Crippen LogP contribution in [0.2, 0.25) is 5.02 Å². The normalized spacial score (nSPS) is 14.9. The Bertz CT molecular complexity index is 906. The van der Waals surface area contributed by atoms with E-state index < -0.39 is 17.6 Å². The van der Waals surface area contributed by atoms with Gasteiger partial charge in [-0.1, -0.05) is 23.7 Å². The fourth-order valence-electron chi connectivity index (χ4n) is 3.15. The van der Waals surface area contributed by atoms with Crippen molar-refractivity contribution in [1.82, 2.24) is 15.2 Å². The van der Waals surface area contributed by atoms with E-state index in [9.17, 15) is 22.8 Å². The summed E-state index contributed by atoms with van der Waals surface area (Å²) in [6.45, 7) is 1.70. The minimum absolute atomic E-state index is 0.164. The first-order valence-electron chi connectivity index (χ1n) is 9.34. The second-order valence-electron chi connectivity index (χ2n) is 6.79. The molecule has 0 radical (unpaired) electrons. The summed E-state index contributed by atoms with van der Waals surface area (Å²) >= 11 is 5.98. The number of carbonyl (C=O) groups is 2. The van der Waals surface area contributed by atoms with Gasteiger partial charge in [-0.25, -0.2) is 4.98 Å². The van der Waals surface area contributed by atoms with Crippen LogP contribution in [0.15, 0.2) is 42.6 Å². The zero-order chi connectivity index (χ0) is 21.7. The molecular weight excluding hydrogens is 421 g/mol. The number of carbonyl (C=O) groups excluding carboxylic acids is 2. The fourth-order valence-corrected chi connectivity index (χ4v) is 3.37. The lowest BCUT2D eigenvalue weighted by atomic mass is 10.2. The molecule has 6 nitrogen and oxygen atoms in total. The SMILES string of the molecule is O=C(NCC(=O)N1CCCN(c2ccc(C(F)(F)F)cn2)CC1)c1ccccc1Cl. The van der Waals surface area contributed by atoms with E-state index >= 15 is 0 Å². The van der Waals surface area contributed by atoms with Crippen molar-refractivity contribution in [2.45, 2.75) is 12.6 Å². The van der Waals surface area contributed by atoms with E-state index in [1.165, 1.54) is 6.07 Å². The quantitative estimate of drug-likeness (QED) is 0.792. The summed E-state index contributed by atoms with van der Waals surface area (Å²) in [7, 11) is 0. The smallest absolute Gasteiger partial charge is 0.355 e. The van der Waals surface area contributed by atoms with Crippen LogP contribution in [0.25, 0.3) is 0 Å². The van der Waals surface area contributed by atoms with Crippen LogP contribution in [0.3, 0.4) is 0 Å². The van der Waals surface area contributed by atoms with Gasteiger partial charge in [0, 0.05) is 32.4 Å². The molecule has 0 saturated carbocycles. The fraction of sp³-hybridized carbons (Fsp3) is 0.350. The molecule has 1 aromatic heterocycles. The number of hydrogen-bond donors (Lipinski definition) is 1. The molecule has 3 rings (SSSR count). The molecule has 2 amide bonds. The highest BCUT2D eigenvalue weighted by Gasteiger charge is 2.31. The molecule has 0 aliphatic carbocycles. The van der Waals surface area contributed by atoms with Gasteiger partial charge in [-0.15, -0.1) is 0 Å². The average Bonchev–Trinajstić information content (AvgIpc) is 2.98. The molecule has 30 heavy (non-hydrogen) atoms. The van der Waals surface area contributed by atoms with Gasteiger partial charge >= 0.3 is 6.18 Å². The first kappa shape index (κ1) is 21.9. The van der Waals surface area contributed by atoms with E-state index in [-0.39, 0.29) is 12.5 Å². The molecular formula is C20H20ClF3N4O2. The second kappa shape index (κ2) is 9.34. The van der Waals surface area contributed by atoms with Gasteiger partial charge in [-0.2, -0.15) is 13.2 Å². The van der Waals surface area contributed by atoms with E-state index in [1.54, 1.807) is 29.2 Å². The maximum atomic E-state index is 12.7. The summed E-state index contributed by atoms with van der Waals surface area (Å²) < 4.78 is 38.1. The highest BCUT2D eigenvalue weighted by Crippen LogP contribution is 2.29. The lowest BCUT2D eigenvalue weighted by Gasteiger charge is -2.23. The minimum Gasteiger partial charge on any atom is -0.355 e. The van der Waals surface area contributed by atoms with Crippen molar-refractivity contribution in [3.8, 4) is 0 Å². The highest BCUT2D eigenvalue weighted by molar-refractivity contribution is 6.33. The monoisotopic (exact) mass is 440 g/mol. The number of hydrogen-bond acceptors (Lipinski definition) is 4. The molecule has 1 N–H and O–H groups in total. The highest BCUT2D eigenvalue weighted by atomic mass is 35.5. The summed E-state index contributed by atoms with van der Waals surface area (Å²) in [6.07, 6.45) is -2.98. The second-order valence-corrected chi connectivity index (χ2v) is 7.19. The van der Waals surface area contributed by atoms with Crippen LogP contribution in [0.4, 0.5) is 19.0 Å². The largest absolute Gasteiger partial charge is 0.417 e. The zero-order valence-corrected chi connectivity index (χ0v) is 16.7. The standard InChI is InChI=1S/C20H20ClF3N4O2/c21-16-5-2-1-4-15(16)19(30)26-13-18(29)28-9-3-8-27(10-11-28)17-7-6-14(12-25-17)20(22,23)24/h1-2,4-7,12H,3,8-11,13H2,(H,26,30). The Morgan fingerprint density at radius 2 is 1.83 bits per heavy atom. The molecule has 1 aromatic carbocycles. The van der Waals surface area contributed by atoms with Crippen LogP contribution in [0, 0.1) is 0 Å². The van der Waals surface area contributed by atoms with Gasteiger partial charge in [-0.3, -0.25) is 9.59 Å². The van der Waals surface area contributed by atoms with E-state index in [2.05, 4.69) is 10.3 Å². The van der Waals surface area contributed by atoms with Gasteiger partial charge in [0.05, 0.1) is 22.7 Å². The molecule has 0 spiro atoms. The van der Waals surface area contributed by atoms with Crippen molar-refractivity contribution in [1.29, 1.82) is 0 Å². The Morgan fingerprint density at radius 3 is 2.50 bits per heavy atom. The molecule has 2 heterocycles. The molecule has 1 aliphatic heterocycles. The maximum Gasteiger partial charge on any atom is 0.417 e. The number of rotatable bonds is 4. The number of nitrogens with zero attached hydrogens (tertiary/aromatic N) is 3. The molecule has 1 saturated heterocycles. The number of alkyl halides is 3. The molecule has 160 valence electrons. The Balaban J connectivity index is 1.54. The number of benzene rings is 1. The number of amides is 2. The summed E-state index contributed by atoms with van der Waals surface area (Å²) in [4.78, 5) is 32.1. The number of pyridine rings is 1. The molecule has 2 aromatic rings. The minimum atomic E-state index is -4.43. The molecule has 0 atom stereocenters. The van der Waals surface area contributed by atoms with Gasteiger partial charge in [0.2, 0.25) is 5.91 Å². The van der Waals surface area contributed by atoms with Crippen molar-refractivity contribution >= 4 is 29.2 Å². The molecule has 0 bridgehead atoms. The molecule has 1 fully saturated rings. The van der Waals surface area contributed by atoms with Crippen LogP contribution in [0.5, 0.6) is 0 Å². The van der Waals surface area contributed by atoms with E-state index in [1.807, 2.05) is 4.90 Å². The van der Waals surface area contributed by atoms with Gasteiger partial charge in [0.1, 0.15) is 5.82 Å². The van der Waals surface area contributed by atoms with Crippen molar-refractivity contribution in [3.63, 3.8) is 0 Å². The first-order chi connectivity index (χ1) is 14.3. The van der Waals surface area contributed by atoms with Crippen LogP contribution < -0.4 is 10.2 Å². The topological polar surface area (TPSA) is 65.5 Å². The Kier molecular flexibility index (Phi) is 6.81. The van der Waals surface area contributed by atoms with Crippen LogP contribution >= 0.6 is 11.6 Å². The Labute approximate surface area is 176 Å². The Hall–Kier alpha value is -2.81. The summed E-state index contributed by atoms with van der Waals surface area (Å²) in [6, 6.07) is 8.89. The van der Waals surface area contributed by atoms with E-state index in [0.717, 1.165) is 12.3 Å². The number of halogens is 4. The lowest BCUT2D eigenvalue weighted by Crippen LogP contribution is -2.42. The average molecular weight is 441 g/mol. The van der Waals surface area contributed by atoms with Crippen molar-refractivity contribution in [3.05, 3.63) is 58.7 Å². The van der Waals surface area contributed by atoms with Crippen molar-refractivity contribution < 1.29 is 22.8 Å². The summed E-state index contributed by atoms with van der Waals surface area (Å²) in [5, 5.41) is 2.88. The third kappa shape index (κ3) is 5.41. The third-order valence-electron chi connectivity index (χ3n) is 4.77. The predicted octanol–water partition coefficient (Wildman–Crippen LogP) is 3.22. The summed E-state index contributed by atoms with van der Waals surface area (Å²) in [5.41, 5.74) is -0.505. The summed E-state index contributed by atoms with van der Waals surface area (Å²) in [5.74, 6) is -0.235. The first-order valence-corrected chi connectivity index (χ1v) is 9.72. The number of anilines is 1. The predicted molar refractivity (Wildman–Crippen MR) is 106 cm³/mol. The third-order valence-corrected chi connectivity index (χ3v) is 5.10. The maximum absolute atomic E-state index is 12.7. The lowest BCUT2D eigenvalue weighted by molar-refractivity contribution is -0.137. The zero-order valence-electron chi connectivity index (χ0n) is 16.0. The van der Waals surface area contributed by atoms with Gasteiger partial charge < -0.3 is 15.1 Å². The van der Waals surface area contributed by atoms with Crippen LogP contribution in [0.1, 0.15) is 22.3 Å². The van der Waals surface area contributed by atoms with Gasteiger partial charge in [-0.05, 0) is 30.7 Å². The number of aromatic nitrogens is 1. The number of nitrogens with one attached hydrogen (secondary N) is 1. The molecule has 1 aliphatic rings. The van der Waals surface area contributed by atoms with Gasteiger partial charge in [0.15, 0.2) is 0 Å². The van der Waals surface area contributed by atoms with Gasteiger partial charge in [0.25, 0.3) is 5.91 Å². The molecule has 0 unspecified atom stereocenters. The van der Waals surface area contributed by atoms with E-state index in [4.69, 9.17) is 11.6 Å². The molecule has 10 heteroatoms. The van der Waals surface area contributed by atoms with Crippen LogP contribution in [-0.4, -0.2) is 54.4 Å². The Morgan fingerprint density at radius 1 is 1.07 bits per heavy atom. The van der Waals surface area contributed by atoms with E-state index in [0.29, 0.717) is 49.0 Å². The van der Waals surface area contributed by atoms with Crippen molar-refractivity contribution in [2.75, 3.05) is 37.6 Å². The van der Waals surface area contributed by atoms with Crippen LogP contribution in [-0.2, 0) is 11.0 Å². The van der Waals surface area contributed by atoms with Crippen molar-refractivity contribution in [2.24, 2.45) is 0 Å².